The van der Waals surface area contributed by atoms with E-state index in [9.17, 15) is 14.5 Å². The Hall–Kier alpha value is -1.93. The van der Waals surface area contributed by atoms with Crippen LogP contribution in [0.3, 0.4) is 0 Å². The van der Waals surface area contributed by atoms with Gasteiger partial charge in [0.15, 0.2) is 0 Å². The number of nitrogens with one attached hydrogen (secondary N) is 1. The van der Waals surface area contributed by atoms with Gasteiger partial charge in [0.1, 0.15) is 5.82 Å². The topological polar surface area (TPSA) is 55.2 Å². The van der Waals surface area contributed by atoms with E-state index < -0.39 is 10.7 Å². The minimum Gasteiger partial charge on any atom is -0.300 e. The molecule has 0 spiro atoms. The third-order valence-electron chi connectivity index (χ3n) is 2.02. The average Bonchev–Trinajstić information content (AvgIpc) is 2.25. The number of nitro groups is 1. The number of halogens is 1. The molecule has 16 heavy (non-hydrogen) atoms. The van der Waals surface area contributed by atoms with Crippen LogP contribution in [0.5, 0.6) is 0 Å². The number of hydrogen-bond acceptors (Lipinski definition) is 3. The number of benzene rings is 1. The van der Waals surface area contributed by atoms with Gasteiger partial charge in [0.25, 0.3) is 5.69 Å². The molecule has 0 aromatic heterocycles. The normalized spacial score (nSPS) is 11.8. The number of terminal acetylenes is 1. The molecule has 1 aromatic carbocycles. The molecule has 0 saturated carbocycles. The molecule has 4 nitrogen and oxygen atoms in total. The monoisotopic (exact) mass is 222 g/mol. The van der Waals surface area contributed by atoms with Gasteiger partial charge in [-0.25, -0.2) is 4.39 Å². The zero-order valence-electron chi connectivity index (χ0n) is 8.74. The second-order valence-corrected chi connectivity index (χ2v) is 3.34. The third-order valence-corrected chi connectivity index (χ3v) is 2.02. The van der Waals surface area contributed by atoms with Crippen molar-refractivity contribution in [2.45, 2.75) is 19.5 Å². The van der Waals surface area contributed by atoms with Crippen LogP contribution >= 0.6 is 0 Å². The lowest BCUT2D eigenvalue weighted by molar-refractivity contribution is -0.385. The Bertz CT molecular complexity index is 440. The molecular formula is C11H11FN2O2. The van der Waals surface area contributed by atoms with Crippen molar-refractivity contribution in [3.63, 3.8) is 0 Å². The lowest BCUT2D eigenvalue weighted by Crippen LogP contribution is -2.23. The van der Waals surface area contributed by atoms with Crippen molar-refractivity contribution in [1.29, 1.82) is 0 Å². The Morgan fingerprint density at radius 2 is 2.31 bits per heavy atom. The van der Waals surface area contributed by atoms with Crippen LogP contribution in [0.15, 0.2) is 18.2 Å². The summed E-state index contributed by atoms with van der Waals surface area (Å²) in [6.45, 7) is 2.07. The van der Waals surface area contributed by atoms with Crippen LogP contribution in [0.4, 0.5) is 10.1 Å². The van der Waals surface area contributed by atoms with Gasteiger partial charge in [-0.2, -0.15) is 0 Å². The van der Waals surface area contributed by atoms with Gasteiger partial charge in [0, 0.05) is 12.6 Å². The molecule has 0 aliphatic heterocycles. The first kappa shape index (κ1) is 12.1. The molecule has 1 aromatic rings. The largest absolute Gasteiger partial charge is 0.300 e. The molecule has 0 heterocycles. The smallest absolute Gasteiger partial charge is 0.272 e. The van der Waals surface area contributed by atoms with Crippen molar-refractivity contribution >= 4 is 5.69 Å². The number of nitrogens with zero attached hydrogens (tertiary/aromatic N) is 1. The summed E-state index contributed by atoms with van der Waals surface area (Å²) in [6, 6.07) is 3.28. The maximum atomic E-state index is 13.0. The Morgan fingerprint density at radius 1 is 1.62 bits per heavy atom. The maximum absolute atomic E-state index is 13.0. The van der Waals surface area contributed by atoms with Gasteiger partial charge in [-0.3, -0.25) is 15.4 Å². The summed E-state index contributed by atoms with van der Waals surface area (Å²) < 4.78 is 13.0. The molecule has 84 valence electrons. The van der Waals surface area contributed by atoms with Crippen molar-refractivity contribution in [3.8, 4) is 12.3 Å². The highest BCUT2D eigenvalue weighted by atomic mass is 19.1. The molecule has 0 amide bonds. The molecule has 1 rings (SSSR count). The summed E-state index contributed by atoms with van der Waals surface area (Å²) in [5.41, 5.74) is 0.235. The fraction of sp³-hybridized carbons (Fsp3) is 0.273. The minimum absolute atomic E-state index is 0.165. The van der Waals surface area contributed by atoms with E-state index in [2.05, 4.69) is 11.2 Å². The fourth-order valence-corrected chi connectivity index (χ4v) is 1.17. The summed E-state index contributed by atoms with van der Waals surface area (Å²) in [7, 11) is 0. The molecule has 0 saturated heterocycles. The standard InChI is InChI=1S/C11H11FN2O2/c1-3-8(2)13-7-9-4-10(12)6-11(5-9)14(15)16/h1,4-6,8,13H,7H2,2H3. The van der Waals surface area contributed by atoms with Crippen LogP contribution in [0.2, 0.25) is 0 Å². The Kier molecular flexibility index (Phi) is 3.97. The number of non-ortho nitro benzene ring substituents is 1. The van der Waals surface area contributed by atoms with Gasteiger partial charge in [-0.1, -0.05) is 5.92 Å². The molecule has 5 heteroatoms. The second kappa shape index (κ2) is 5.24. The van der Waals surface area contributed by atoms with E-state index in [1.54, 1.807) is 6.92 Å². The number of hydrogen-bond donors (Lipinski definition) is 1. The molecule has 1 atom stereocenters. The highest BCUT2D eigenvalue weighted by Crippen LogP contribution is 2.16. The summed E-state index contributed by atoms with van der Waals surface area (Å²) >= 11 is 0. The summed E-state index contributed by atoms with van der Waals surface area (Å²) in [5, 5.41) is 13.4. The van der Waals surface area contributed by atoms with Gasteiger partial charge in [-0.15, -0.1) is 6.42 Å². The van der Waals surface area contributed by atoms with Crippen LogP contribution in [0.25, 0.3) is 0 Å². The van der Waals surface area contributed by atoms with Gasteiger partial charge < -0.3 is 0 Å². The Morgan fingerprint density at radius 3 is 2.88 bits per heavy atom. The maximum Gasteiger partial charge on any atom is 0.272 e. The SMILES string of the molecule is C#CC(C)NCc1cc(F)cc([N+](=O)[O-])c1. The van der Waals surface area contributed by atoms with Crippen LogP contribution in [-0.4, -0.2) is 11.0 Å². The van der Waals surface area contributed by atoms with Gasteiger partial charge in [0.2, 0.25) is 0 Å². The Balaban J connectivity index is 2.81. The quantitative estimate of drug-likeness (QED) is 0.480. The van der Waals surface area contributed by atoms with E-state index in [1.165, 1.54) is 12.1 Å². The predicted molar refractivity (Wildman–Crippen MR) is 58.2 cm³/mol. The van der Waals surface area contributed by atoms with Crippen molar-refractivity contribution in [2.24, 2.45) is 0 Å². The summed E-state index contributed by atoms with van der Waals surface area (Å²) in [4.78, 5) is 9.86. The molecule has 1 N–H and O–H groups in total. The minimum atomic E-state index is -0.628. The Labute approximate surface area is 92.6 Å². The number of rotatable bonds is 4. The molecule has 1 unspecified atom stereocenters. The highest BCUT2D eigenvalue weighted by molar-refractivity contribution is 5.35. The third kappa shape index (κ3) is 3.33. The van der Waals surface area contributed by atoms with E-state index in [0.29, 0.717) is 12.1 Å². The van der Waals surface area contributed by atoms with Crippen LogP contribution in [0.1, 0.15) is 12.5 Å². The molecule has 0 radical (unpaired) electrons. The average molecular weight is 222 g/mol. The van der Waals surface area contributed by atoms with Crippen LogP contribution < -0.4 is 5.32 Å². The van der Waals surface area contributed by atoms with E-state index in [0.717, 1.165) is 6.07 Å². The lowest BCUT2D eigenvalue weighted by Gasteiger charge is -2.07. The van der Waals surface area contributed by atoms with E-state index in [4.69, 9.17) is 6.42 Å². The molecular weight excluding hydrogens is 211 g/mol. The molecule has 0 aliphatic carbocycles. The second-order valence-electron chi connectivity index (χ2n) is 3.34. The van der Waals surface area contributed by atoms with Crippen molar-refractivity contribution in [3.05, 3.63) is 39.7 Å². The van der Waals surface area contributed by atoms with Crippen molar-refractivity contribution in [1.82, 2.24) is 5.32 Å². The number of nitro benzene ring substituents is 1. The van der Waals surface area contributed by atoms with E-state index >= 15 is 0 Å². The highest BCUT2D eigenvalue weighted by Gasteiger charge is 2.09. The zero-order chi connectivity index (χ0) is 12.1. The molecule has 0 aliphatic rings. The van der Waals surface area contributed by atoms with Crippen LogP contribution in [-0.2, 0) is 6.54 Å². The predicted octanol–water partition coefficient (Wildman–Crippen LogP) is 1.85. The lowest BCUT2D eigenvalue weighted by atomic mass is 10.2. The van der Waals surface area contributed by atoms with Gasteiger partial charge in [-0.05, 0) is 18.6 Å². The fourth-order valence-electron chi connectivity index (χ4n) is 1.17. The summed E-state index contributed by atoms with van der Waals surface area (Å²) in [5.74, 6) is 1.82. The van der Waals surface area contributed by atoms with E-state index in [1.807, 2.05) is 0 Å². The molecule has 0 bridgehead atoms. The van der Waals surface area contributed by atoms with Crippen molar-refractivity contribution < 1.29 is 9.31 Å². The zero-order valence-corrected chi connectivity index (χ0v) is 8.74. The van der Waals surface area contributed by atoms with E-state index in [-0.39, 0.29) is 11.7 Å². The first-order chi connectivity index (χ1) is 7.52. The van der Waals surface area contributed by atoms with Crippen molar-refractivity contribution in [2.75, 3.05) is 0 Å². The van der Waals surface area contributed by atoms with Crippen LogP contribution in [0, 0.1) is 28.3 Å². The first-order valence-electron chi connectivity index (χ1n) is 4.66. The molecule has 0 fully saturated rings. The summed E-state index contributed by atoms with van der Waals surface area (Å²) in [6.07, 6.45) is 5.15. The van der Waals surface area contributed by atoms with Gasteiger partial charge in [0.05, 0.1) is 17.0 Å². The van der Waals surface area contributed by atoms with Gasteiger partial charge >= 0.3 is 0 Å². The first-order valence-corrected chi connectivity index (χ1v) is 4.66.